The van der Waals surface area contributed by atoms with E-state index in [-0.39, 0.29) is 23.7 Å². The van der Waals surface area contributed by atoms with E-state index in [0.29, 0.717) is 32.9 Å². The van der Waals surface area contributed by atoms with E-state index < -0.39 is 0 Å². The molecule has 0 unspecified atom stereocenters. The molecule has 1 aliphatic heterocycles. The van der Waals surface area contributed by atoms with Crippen molar-refractivity contribution in [3.63, 3.8) is 0 Å². The summed E-state index contributed by atoms with van der Waals surface area (Å²) in [5, 5.41) is 10.5. The summed E-state index contributed by atoms with van der Waals surface area (Å²) in [7, 11) is 0. The zero-order chi connectivity index (χ0) is 13.7. The Morgan fingerprint density at radius 1 is 1.68 bits per heavy atom. The highest BCUT2D eigenvalue weighted by molar-refractivity contribution is 5.92. The van der Waals surface area contributed by atoms with Crippen molar-refractivity contribution in [2.75, 3.05) is 26.4 Å². The molecule has 1 aliphatic rings. The zero-order valence-electron chi connectivity index (χ0n) is 10.9. The third-order valence-electron chi connectivity index (χ3n) is 2.86. The lowest BCUT2D eigenvalue weighted by molar-refractivity contribution is 0.0402. The number of carbonyl (C=O) groups is 1. The fourth-order valence-electron chi connectivity index (χ4n) is 1.93. The first-order valence-electron chi connectivity index (χ1n) is 6.35. The first kappa shape index (κ1) is 13.9. The molecular formula is C11H19N5O3. The molecule has 19 heavy (non-hydrogen) atoms. The maximum Gasteiger partial charge on any atom is 0.273 e. The summed E-state index contributed by atoms with van der Waals surface area (Å²) in [6.07, 6.45) is 1.47. The number of carbonyl (C=O) groups excluding carboxylic acids is 1. The van der Waals surface area contributed by atoms with Crippen LogP contribution in [0.1, 0.15) is 17.4 Å². The number of rotatable bonds is 6. The van der Waals surface area contributed by atoms with Crippen molar-refractivity contribution in [3.05, 3.63) is 11.9 Å². The van der Waals surface area contributed by atoms with E-state index >= 15 is 0 Å². The minimum absolute atomic E-state index is 0.104. The van der Waals surface area contributed by atoms with Gasteiger partial charge in [-0.15, -0.1) is 5.10 Å². The van der Waals surface area contributed by atoms with Crippen LogP contribution in [0.5, 0.6) is 0 Å². The number of nitrogens with one attached hydrogen (secondary N) is 1. The van der Waals surface area contributed by atoms with Crippen LogP contribution in [0.4, 0.5) is 0 Å². The summed E-state index contributed by atoms with van der Waals surface area (Å²) in [4.78, 5) is 12.0. The van der Waals surface area contributed by atoms with E-state index in [2.05, 4.69) is 15.6 Å². The lowest BCUT2D eigenvalue weighted by Crippen LogP contribution is -2.43. The van der Waals surface area contributed by atoms with Gasteiger partial charge in [0.05, 0.1) is 32.0 Å². The van der Waals surface area contributed by atoms with Crippen LogP contribution in [0.25, 0.3) is 0 Å². The number of amides is 1. The van der Waals surface area contributed by atoms with E-state index in [0.717, 1.165) is 0 Å². The normalized spacial score (nSPS) is 22.6. The zero-order valence-corrected chi connectivity index (χ0v) is 10.9. The molecule has 3 N–H and O–H groups in total. The lowest BCUT2D eigenvalue weighted by atomic mass is 10.2. The number of hydrogen-bond acceptors (Lipinski definition) is 6. The molecule has 0 saturated carbocycles. The molecule has 1 aromatic rings. The molecule has 1 aromatic heterocycles. The van der Waals surface area contributed by atoms with Crippen molar-refractivity contribution in [2.45, 2.75) is 25.6 Å². The average molecular weight is 269 g/mol. The van der Waals surface area contributed by atoms with Gasteiger partial charge in [-0.2, -0.15) is 0 Å². The number of nitrogens with two attached hydrogens (primary N) is 1. The maximum absolute atomic E-state index is 12.0. The van der Waals surface area contributed by atoms with Crippen molar-refractivity contribution in [1.82, 2.24) is 20.3 Å². The average Bonchev–Trinajstić information content (AvgIpc) is 3.01. The van der Waals surface area contributed by atoms with Crippen LogP contribution in [0.3, 0.4) is 0 Å². The minimum atomic E-state index is -0.275. The molecule has 2 rings (SSSR count). The van der Waals surface area contributed by atoms with Crippen LogP contribution >= 0.6 is 0 Å². The first-order valence-corrected chi connectivity index (χ1v) is 6.35. The van der Waals surface area contributed by atoms with E-state index in [1.165, 1.54) is 0 Å². The van der Waals surface area contributed by atoms with Gasteiger partial charge in [0.25, 0.3) is 5.91 Å². The Kier molecular flexibility index (Phi) is 4.83. The number of nitrogens with zero attached hydrogens (tertiary/aromatic N) is 3. The molecule has 0 spiro atoms. The molecule has 0 aliphatic carbocycles. The molecule has 8 nitrogen and oxygen atoms in total. The minimum Gasteiger partial charge on any atom is -0.376 e. The fourth-order valence-corrected chi connectivity index (χ4v) is 1.93. The standard InChI is InChI=1S/C11H19N5O3/c1-2-19-10-7-18-6-9(10)13-11(17)8-5-16(4-3-12)15-14-8/h5,9-10H,2-4,6-7,12H2,1H3,(H,13,17)/t9-,10-/m1/s1. The first-order chi connectivity index (χ1) is 9.24. The molecule has 1 fully saturated rings. The maximum atomic E-state index is 12.0. The Bertz CT molecular complexity index is 422. The van der Waals surface area contributed by atoms with Gasteiger partial charge in [0, 0.05) is 13.2 Å². The molecule has 106 valence electrons. The predicted molar refractivity (Wildman–Crippen MR) is 66.6 cm³/mol. The largest absolute Gasteiger partial charge is 0.376 e. The van der Waals surface area contributed by atoms with Crippen LogP contribution in [0.2, 0.25) is 0 Å². The van der Waals surface area contributed by atoms with E-state index in [9.17, 15) is 4.79 Å². The highest BCUT2D eigenvalue weighted by Crippen LogP contribution is 2.10. The van der Waals surface area contributed by atoms with E-state index in [4.69, 9.17) is 15.2 Å². The van der Waals surface area contributed by atoms with Gasteiger partial charge >= 0.3 is 0 Å². The molecule has 1 amide bonds. The Hall–Kier alpha value is -1.51. The van der Waals surface area contributed by atoms with Crippen molar-refractivity contribution in [3.8, 4) is 0 Å². The fraction of sp³-hybridized carbons (Fsp3) is 0.727. The van der Waals surface area contributed by atoms with Crippen molar-refractivity contribution in [2.24, 2.45) is 5.73 Å². The van der Waals surface area contributed by atoms with Crippen LogP contribution in [0, 0.1) is 0 Å². The topological polar surface area (TPSA) is 104 Å². The third kappa shape index (κ3) is 3.49. The molecule has 0 aromatic carbocycles. The summed E-state index contributed by atoms with van der Waals surface area (Å²) in [5.41, 5.74) is 5.68. The number of hydrogen-bond donors (Lipinski definition) is 2. The quantitative estimate of drug-likeness (QED) is 0.670. The highest BCUT2D eigenvalue weighted by Gasteiger charge is 2.30. The monoisotopic (exact) mass is 269 g/mol. The molecule has 0 radical (unpaired) electrons. The van der Waals surface area contributed by atoms with Crippen molar-refractivity contribution in [1.29, 1.82) is 0 Å². The van der Waals surface area contributed by atoms with Crippen LogP contribution in [0.15, 0.2) is 6.20 Å². The summed E-state index contributed by atoms with van der Waals surface area (Å²) in [6, 6.07) is -0.146. The number of aromatic nitrogens is 3. The second kappa shape index (κ2) is 6.60. The molecule has 0 bridgehead atoms. The Labute approximate surface area is 111 Å². The van der Waals surface area contributed by atoms with E-state index in [1.54, 1.807) is 10.9 Å². The van der Waals surface area contributed by atoms with Gasteiger partial charge in [0.2, 0.25) is 0 Å². The molecule has 8 heteroatoms. The molecule has 2 heterocycles. The van der Waals surface area contributed by atoms with Gasteiger partial charge in [-0.1, -0.05) is 5.21 Å². The van der Waals surface area contributed by atoms with Crippen LogP contribution in [-0.2, 0) is 16.0 Å². The van der Waals surface area contributed by atoms with E-state index in [1.807, 2.05) is 6.92 Å². The van der Waals surface area contributed by atoms with Crippen LogP contribution in [-0.4, -0.2) is 59.4 Å². The molecular weight excluding hydrogens is 250 g/mol. The molecule has 2 atom stereocenters. The van der Waals surface area contributed by atoms with Gasteiger partial charge in [-0.05, 0) is 6.92 Å². The second-order valence-electron chi connectivity index (χ2n) is 4.27. The summed E-state index contributed by atoms with van der Waals surface area (Å²) < 4.78 is 12.3. The Morgan fingerprint density at radius 3 is 3.26 bits per heavy atom. The van der Waals surface area contributed by atoms with Crippen molar-refractivity contribution < 1.29 is 14.3 Å². The third-order valence-corrected chi connectivity index (χ3v) is 2.86. The Balaban J connectivity index is 1.92. The smallest absolute Gasteiger partial charge is 0.273 e. The van der Waals surface area contributed by atoms with Gasteiger partial charge in [0.15, 0.2) is 5.69 Å². The lowest BCUT2D eigenvalue weighted by Gasteiger charge is -2.18. The summed E-state index contributed by atoms with van der Waals surface area (Å²) in [5.74, 6) is -0.275. The summed E-state index contributed by atoms with van der Waals surface area (Å²) in [6.45, 7) is 4.44. The predicted octanol–water partition coefficient (Wildman–Crippen LogP) is -1.23. The van der Waals surface area contributed by atoms with Crippen molar-refractivity contribution >= 4 is 5.91 Å². The number of ether oxygens (including phenoxy) is 2. The summed E-state index contributed by atoms with van der Waals surface area (Å²) >= 11 is 0. The van der Waals surface area contributed by atoms with Gasteiger partial charge in [-0.3, -0.25) is 9.48 Å². The second-order valence-corrected chi connectivity index (χ2v) is 4.27. The van der Waals surface area contributed by atoms with Gasteiger partial charge < -0.3 is 20.5 Å². The SMILES string of the molecule is CCO[C@@H]1COC[C@H]1NC(=O)c1cn(CCN)nn1. The van der Waals surface area contributed by atoms with Gasteiger partial charge in [-0.25, -0.2) is 0 Å². The van der Waals surface area contributed by atoms with Gasteiger partial charge in [0.1, 0.15) is 6.10 Å². The molecule has 1 saturated heterocycles. The Morgan fingerprint density at radius 2 is 2.53 bits per heavy atom. The highest BCUT2D eigenvalue weighted by atomic mass is 16.5. The van der Waals surface area contributed by atoms with Crippen LogP contribution < -0.4 is 11.1 Å².